The van der Waals surface area contributed by atoms with Gasteiger partial charge in [-0.15, -0.1) is 0 Å². The number of amides is 1. The first kappa shape index (κ1) is 16.4. The summed E-state index contributed by atoms with van der Waals surface area (Å²) in [6, 6.07) is 6.48. The summed E-state index contributed by atoms with van der Waals surface area (Å²) < 4.78 is 0. The number of H-pyrrole nitrogens is 1. The molecule has 1 amide bonds. The summed E-state index contributed by atoms with van der Waals surface area (Å²) in [6.07, 6.45) is 0. The van der Waals surface area contributed by atoms with Crippen LogP contribution >= 0.6 is 23.4 Å². The molecule has 2 rings (SSSR count). The molecule has 0 spiro atoms. The van der Waals surface area contributed by atoms with Crippen molar-refractivity contribution < 1.29 is 4.79 Å². The Hall–Kier alpha value is -1.99. The third-order valence-corrected chi connectivity index (χ3v) is 4.32. The van der Waals surface area contributed by atoms with Gasteiger partial charge in [-0.1, -0.05) is 29.4 Å². The molecule has 1 aromatic heterocycles. The van der Waals surface area contributed by atoms with Crippen LogP contribution in [0.4, 0.5) is 11.5 Å². The van der Waals surface area contributed by atoms with Gasteiger partial charge in [0, 0.05) is 16.8 Å². The van der Waals surface area contributed by atoms with Gasteiger partial charge in [0.2, 0.25) is 5.91 Å². The maximum absolute atomic E-state index is 12.2. The third-order valence-electron chi connectivity index (χ3n) is 2.92. The van der Waals surface area contributed by atoms with Crippen LogP contribution in [0.2, 0.25) is 5.02 Å². The van der Waals surface area contributed by atoms with Gasteiger partial charge in [0.1, 0.15) is 5.82 Å². The number of thioether (sulfide) groups is 1. The van der Waals surface area contributed by atoms with Crippen molar-refractivity contribution in [2.24, 2.45) is 0 Å². The maximum atomic E-state index is 12.2. The second kappa shape index (κ2) is 6.85. The van der Waals surface area contributed by atoms with Crippen molar-refractivity contribution in [3.63, 3.8) is 0 Å². The molecule has 22 heavy (non-hydrogen) atoms. The van der Waals surface area contributed by atoms with Crippen molar-refractivity contribution >= 4 is 40.8 Å². The maximum Gasteiger partial charge on any atom is 0.253 e. The number of carbonyl (C=O) groups is 1. The number of aromatic nitrogens is 2. The van der Waals surface area contributed by atoms with Gasteiger partial charge >= 0.3 is 0 Å². The zero-order chi connectivity index (χ0) is 16.3. The van der Waals surface area contributed by atoms with Crippen molar-refractivity contribution in [2.75, 3.05) is 11.1 Å². The van der Waals surface area contributed by atoms with Crippen molar-refractivity contribution in [1.29, 1.82) is 0 Å². The molecule has 1 atom stereocenters. The van der Waals surface area contributed by atoms with Crippen molar-refractivity contribution in [3.8, 4) is 0 Å². The average molecular weight is 339 g/mol. The SMILES string of the molecule is Cc1c(Cl)cccc1NC(=O)[C@@H](C)Sc1nc(N)cc(=O)[nH]1. The van der Waals surface area contributed by atoms with Gasteiger partial charge in [-0.2, -0.15) is 0 Å². The molecule has 0 saturated carbocycles. The molecule has 0 saturated heterocycles. The Kier molecular flexibility index (Phi) is 5.10. The minimum atomic E-state index is -0.469. The van der Waals surface area contributed by atoms with Crippen molar-refractivity contribution in [1.82, 2.24) is 9.97 Å². The summed E-state index contributed by atoms with van der Waals surface area (Å²) in [5, 5.41) is 3.22. The molecule has 1 heterocycles. The van der Waals surface area contributed by atoms with E-state index in [0.717, 1.165) is 17.3 Å². The lowest BCUT2D eigenvalue weighted by Gasteiger charge is -2.13. The molecule has 0 aliphatic heterocycles. The van der Waals surface area contributed by atoms with Crippen LogP contribution in [0.3, 0.4) is 0 Å². The Morgan fingerprint density at radius 2 is 2.23 bits per heavy atom. The lowest BCUT2D eigenvalue weighted by atomic mass is 10.2. The van der Waals surface area contributed by atoms with Crippen molar-refractivity contribution in [3.05, 3.63) is 45.2 Å². The first-order valence-corrected chi connectivity index (χ1v) is 7.72. The highest BCUT2D eigenvalue weighted by molar-refractivity contribution is 8.00. The van der Waals surface area contributed by atoms with Crippen LogP contribution < -0.4 is 16.6 Å². The summed E-state index contributed by atoms with van der Waals surface area (Å²) in [6.45, 7) is 3.54. The van der Waals surface area contributed by atoms with Crippen LogP contribution in [-0.2, 0) is 4.79 Å². The molecular weight excluding hydrogens is 324 g/mol. The lowest BCUT2D eigenvalue weighted by molar-refractivity contribution is -0.115. The molecule has 1 aromatic carbocycles. The molecule has 0 aliphatic rings. The number of rotatable bonds is 4. The number of benzene rings is 1. The van der Waals surface area contributed by atoms with Gasteiger partial charge in [0.05, 0.1) is 5.25 Å². The Balaban J connectivity index is 2.09. The van der Waals surface area contributed by atoms with E-state index < -0.39 is 5.25 Å². The van der Waals surface area contributed by atoms with Gasteiger partial charge in [0.15, 0.2) is 5.16 Å². The van der Waals surface area contributed by atoms with Crippen LogP contribution in [0.15, 0.2) is 34.2 Å². The smallest absolute Gasteiger partial charge is 0.253 e. The number of hydrogen-bond acceptors (Lipinski definition) is 5. The topological polar surface area (TPSA) is 101 Å². The van der Waals surface area contributed by atoms with E-state index in [9.17, 15) is 9.59 Å². The Labute approximate surface area is 136 Å². The number of nitrogens with one attached hydrogen (secondary N) is 2. The standard InChI is InChI=1S/C14H15ClN4O2S/c1-7-9(15)4-3-5-10(7)17-13(21)8(2)22-14-18-11(16)6-12(20)19-14/h3-6,8H,1-2H3,(H,17,21)(H3,16,18,19,20)/t8-/m1/s1. The fourth-order valence-corrected chi connectivity index (χ4v) is 2.70. The Bertz CT molecular complexity index is 763. The fraction of sp³-hybridized carbons (Fsp3) is 0.214. The second-order valence-corrected chi connectivity index (χ2v) is 6.37. The number of aromatic amines is 1. The number of nitrogens with two attached hydrogens (primary N) is 1. The Morgan fingerprint density at radius 1 is 1.50 bits per heavy atom. The molecule has 6 nitrogen and oxygen atoms in total. The summed E-state index contributed by atoms with van der Waals surface area (Å²) in [7, 11) is 0. The largest absolute Gasteiger partial charge is 0.383 e. The van der Waals surface area contributed by atoms with Crippen molar-refractivity contribution in [2.45, 2.75) is 24.3 Å². The monoisotopic (exact) mass is 338 g/mol. The second-order valence-electron chi connectivity index (χ2n) is 4.64. The molecule has 4 N–H and O–H groups in total. The lowest BCUT2D eigenvalue weighted by Crippen LogP contribution is -2.23. The molecule has 0 aliphatic carbocycles. The minimum absolute atomic E-state index is 0.115. The highest BCUT2D eigenvalue weighted by Gasteiger charge is 2.17. The van der Waals surface area contributed by atoms with E-state index in [1.807, 2.05) is 6.92 Å². The molecule has 8 heteroatoms. The minimum Gasteiger partial charge on any atom is -0.383 e. The van der Waals surface area contributed by atoms with Gasteiger partial charge in [-0.05, 0) is 31.5 Å². The zero-order valence-electron chi connectivity index (χ0n) is 12.0. The van der Waals surface area contributed by atoms with Gasteiger partial charge in [-0.25, -0.2) is 4.98 Å². The van der Waals surface area contributed by atoms with E-state index in [1.54, 1.807) is 25.1 Å². The summed E-state index contributed by atoms with van der Waals surface area (Å²) in [5.41, 5.74) is 6.61. The van der Waals surface area contributed by atoms with Crippen LogP contribution in [0.1, 0.15) is 12.5 Å². The molecule has 0 bridgehead atoms. The highest BCUT2D eigenvalue weighted by Crippen LogP contribution is 2.25. The Morgan fingerprint density at radius 3 is 2.91 bits per heavy atom. The van der Waals surface area contributed by atoms with E-state index in [0.29, 0.717) is 15.9 Å². The molecule has 116 valence electrons. The van der Waals surface area contributed by atoms with E-state index >= 15 is 0 Å². The molecule has 0 unspecified atom stereocenters. The first-order valence-electron chi connectivity index (χ1n) is 6.46. The highest BCUT2D eigenvalue weighted by atomic mass is 35.5. The van der Waals surface area contributed by atoms with Crippen LogP contribution in [0.25, 0.3) is 0 Å². The number of carbonyl (C=O) groups excluding carboxylic acids is 1. The number of hydrogen-bond donors (Lipinski definition) is 3. The molecule has 2 aromatic rings. The van der Waals surface area contributed by atoms with Gasteiger partial charge in [-0.3, -0.25) is 9.59 Å². The molecule has 0 radical (unpaired) electrons. The normalized spacial score (nSPS) is 12.0. The summed E-state index contributed by atoms with van der Waals surface area (Å²) in [4.78, 5) is 30.1. The van der Waals surface area contributed by atoms with E-state index in [1.165, 1.54) is 6.07 Å². The van der Waals surface area contributed by atoms with Crippen LogP contribution in [0, 0.1) is 6.92 Å². The fourth-order valence-electron chi connectivity index (χ4n) is 1.71. The zero-order valence-corrected chi connectivity index (χ0v) is 13.6. The predicted molar refractivity (Wildman–Crippen MR) is 89.4 cm³/mol. The van der Waals surface area contributed by atoms with Gasteiger partial charge < -0.3 is 16.0 Å². The number of anilines is 2. The van der Waals surface area contributed by atoms with Crippen LogP contribution in [-0.4, -0.2) is 21.1 Å². The third kappa shape index (κ3) is 4.02. The first-order chi connectivity index (χ1) is 10.4. The summed E-state index contributed by atoms with van der Waals surface area (Å²) >= 11 is 7.14. The predicted octanol–water partition coefficient (Wildman–Crippen LogP) is 2.43. The number of nitrogens with zero attached hydrogens (tertiary/aromatic N) is 1. The number of halogens is 1. The van der Waals surface area contributed by atoms with E-state index in [2.05, 4.69) is 15.3 Å². The average Bonchev–Trinajstić information content (AvgIpc) is 2.42. The molecule has 0 fully saturated rings. The van der Waals surface area contributed by atoms with E-state index in [4.69, 9.17) is 17.3 Å². The quantitative estimate of drug-likeness (QED) is 0.587. The molecular formula is C14H15ClN4O2S. The van der Waals surface area contributed by atoms with E-state index in [-0.39, 0.29) is 17.3 Å². The number of nitrogen functional groups attached to an aromatic ring is 1. The van der Waals surface area contributed by atoms with Gasteiger partial charge in [0.25, 0.3) is 5.56 Å². The summed E-state index contributed by atoms with van der Waals surface area (Å²) in [5.74, 6) is -0.106. The van der Waals surface area contributed by atoms with Crippen LogP contribution in [0.5, 0.6) is 0 Å².